The zero-order chi connectivity index (χ0) is 18.4. The van der Waals surface area contributed by atoms with Crippen molar-refractivity contribution in [2.75, 3.05) is 6.54 Å². The van der Waals surface area contributed by atoms with Crippen LogP contribution in [-0.4, -0.2) is 50.5 Å². The van der Waals surface area contributed by atoms with Crippen molar-refractivity contribution < 1.29 is 9.59 Å². The summed E-state index contributed by atoms with van der Waals surface area (Å²) in [5.41, 5.74) is 3.95. The molecule has 2 aliphatic heterocycles. The van der Waals surface area contributed by atoms with Gasteiger partial charge in [0.2, 0.25) is 5.91 Å². The van der Waals surface area contributed by atoms with Crippen molar-refractivity contribution in [3.63, 3.8) is 0 Å². The zero-order valence-corrected chi connectivity index (χ0v) is 14.5. The number of pyridine rings is 1. The Kier molecular flexibility index (Phi) is 3.53. The van der Waals surface area contributed by atoms with Crippen molar-refractivity contribution in [2.45, 2.75) is 19.0 Å². The van der Waals surface area contributed by atoms with Gasteiger partial charge in [0, 0.05) is 41.0 Å². The van der Waals surface area contributed by atoms with Crippen LogP contribution in [0.25, 0.3) is 10.9 Å². The van der Waals surface area contributed by atoms with E-state index < -0.39 is 6.04 Å². The summed E-state index contributed by atoms with van der Waals surface area (Å²) in [5, 5.41) is 6.63. The molecule has 27 heavy (non-hydrogen) atoms. The first-order valence-electron chi connectivity index (χ1n) is 8.84. The molecule has 0 unspecified atom stereocenters. The molecule has 7 heteroatoms. The molecule has 4 heterocycles. The summed E-state index contributed by atoms with van der Waals surface area (Å²) in [6.07, 6.45) is 5.40. The van der Waals surface area contributed by atoms with E-state index in [-0.39, 0.29) is 18.4 Å². The zero-order valence-electron chi connectivity index (χ0n) is 14.5. The molecule has 2 amide bonds. The lowest BCUT2D eigenvalue weighted by Gasteiger charge is -2.40. The molecular formula is C20H17N5O2. The van der Waals surface area contributed by atoms with Crippen molar-refractivity contribution in [2.24, 2.45) is 5.10 Å². The fraction of sp³-hybridized carbons (Fsp3) is 0.200. The number of para-hydroxylation sites is 1. The number of hydrogen-bond acceptors (Lipinski definition) is 4. The van der Waals surface area contributed by atoms with Gasteiger partial charge >= 0.3 is 0 Å². The number of aromatic amines is 1. The van der Waals surface area contributed by atoms with Crippen LogP contribution in [0, 0.1) is 0 Å². The predicted molar refractivity (Wildman–Crippen MR) is 99.9 cm³/mol. The van der Waals surface area contributed by atoms with Crippen molar-refractivity contribution in [1.82, 2.24) is 19.9 Å². The van der Waals surface area contributed by atoms with E-state index >= 15 is 0 Å². The molecule has 0 radical (unpaired) electrons. The molecule has 1 N–H and O–H groups in total. The number of fused-ring (bicyclic) bond motifs is 4. The lowest BCUT2D eigenvalue weighted by atomic mass is 9.94. The Labute approximate surface area is 155 Å². The highest BCUT2D eigenvalue weighted by molar-refractivity contribution is 5.97. The van der Waals surface area contributed by atoms with Crippen LogP contribution >= 0.6 is 0 Å². The molecule has 1 aromatic carbocycles. The molecule has 0 bridgehead atoms. The maximum absolute atomic E-state index is 13.0. The van der Waals surface area contributed by atoms with Gasteiger partial charge in [0.15, 0.2) is 0 Å². The highest BCUT2D eigenvalue weighted by Gasteiger charge is 2.43. The summed E-state index contributed by atoms with van der Waals surface area (Å²) in [7, 11) is 0. The van der Waals surface area contributed by atoms with E-state index in [9.17, 15) is 9.59 Å². The summed E-state index contributed by atoms with van der Waals surface area (Å²) >= 11 is 0. The lowest BCUT2D eigenvalue weighted by Crippen LogP contribution is -2.60. The molecule has 7 nitrogen and oxygen atoms in total. The van der Waals surface area contributed by atoms with Gasteiger partial charge in [0.05, 0.1) is 12.8 Å². The minimum absolute atomic E-state index is 0.0400. The number of nitrogens with zero attached hydrogens (tertiary/aromatic N) is 4. The first-order valence-corrected chi connectivity index (χ1v) is 8.84. The van der Waals surface area contributed by atoms with Gasteiger partial charge in [-0.3, -0.25) is 14.6 Å². The summed E-state index contributed by atoms with van der Waals surface area (Å²) in [6, 6.07) is 11.2. The molecule has 3 aromatic rings. The Morgan fingerprint density at radius 1 is 1.15 bits per heavy atom. The van der Waals surface area contributed by atoms with E-state index in [2.05, 4.69) is 15.1 Å². The fourth-order valence-electron chi connectivity index (χ4n) is 3.85. The number of amides is 2. The second-order valence-corrected chi connectivity index (χ2v) is 6.80. The van der Waals surface area contributed by atoms with Gasteiger partial charge in [0.25, 0.3) is 5.91 Å². The van der Waals surface area contributed by atoms with Crippen molar-refractivity contribution >= 4 is 28.9 Å². The number of aromatic nitrogens is 2. The molecule has 2 aromatic heterocycles. The molecule has 0 saturated carbocycles. The predicted octanol–water partition coefficient (Wildman–Crippen LogP) is 1.69. The summed E-state index contributed by atoms with van der Waals surface area (Å²) < 4.78 is 0. The Bertz CT molecular complexity index is 1070. The van der Waals surface area contributed by atoms with Gasteiger partial charge in [-0.1, -0.05) is 24.3 Å². The van der Waals surface area contributed by atoms with Gasteiger partial charge < -0.3 is 9.88 Å². The minimum Gasteiger partial charge on any atom is -0.357 e. The van der Waals surface area contributed by atoms with Crippen LogP contribution in [-0.2, 0) is 22.6 Å². The van der Waals surface area contributed by atoms with Crippen LogP contribution in [0.5, 0.6) is 0 Å². The molecule has 0 aliphatic carbocycles. The van der Waals surface area contributed by atoms with Crippen molar-refractivity contribution in [3.05, 3.63) is 65.6 Å². The third-order valence-corrected chi connectivity index (χ3v) is 5.18. The third kappa shape index (κ3) is 2.59. The monoisotopic (exact) mass is 359 g/mol. The standard InChI is InChI=1S/C20H17N5O2/c26-19-12-25(22-10-13-4-3-7-21-9-13)20(27)18-8-15-14-5-1-2-6-16(14)23-17(15)11-24(18)19/h1-7,9-10,18,23H,8,11-12H2/b22-10-/t18-/m0/s1. The quantitative estimate of drug-likeness (QED) is 0.707. The SMILES string of the molecule is O=C1[C@@H]2Cc3c([nH]c4ccccc34)CN2C(=O)CN1/N=C\c1cccnc1. The molecule has 2 aliphatic rings. The molecular weight excluding hydrogens is 342 g/mol. The van der Waals surface area contributed by atoms with E-state index in [1.807, 2.05) is 30.3 Å². The van der Waals surface area contributed by atoms with Crippen LogP contribution in [0.2, 0.25) is 0 Å². The topological polar surface area (TPSA) is 81.7 Å². The summed E-state index contributed by atoms with van der Waals surface area (Å²) in [5.74, 6) is -0.238. The van der Waals surface area contributed by atoms with E-state index in [4.69, 9.17) is 0 Å². The second kappa shape index (κ2) is 6.05. The number of rotatable bonds is 2. The van der Waals surface area contributed by atoms with Crippen LogP contribution in [0.3, 0.4) is 0 Å². The van der Waals surface area contributed by atoms with E-state index in [0.717, 1.165) is 27.7 Å². The Morgan fingerprint density at radius 3 is 2.89 bits per heavy atom. The van der Waals surface area contributed by atoms with Crippen molar-refractivity contribution in [3.8, 4) is 0 Å². The lowest BCUT2D eigenvalue weighted by molar-refractivity contribution is -0.157. The number of nitrogens with one attached hydrogen (secondary N) is 1. The highest BCUT2D eigenvalue weighted by Crippen LogP contribution is 2.32. The van der Waals surface area contributed by atoms with E-state index in [1.165, 1.54) is 5.01 Å². The summed E-state index contributed by atoms with van der Waals surface area (Å²) in [4.78, 5) is 34.7. The molecule has 1 atom stereocenters. The van der Waals surface area contributed by atoms with Crippen LogP contribution in [0.1, 0.15) is 16.8 Å². The fourth-order valence-corrected chi connectivity index (χ4v) is 3.85. The maximum Gasteiger partial charge on any atom is 0.266 e. The van der Waals surface area contributed by atoms with Gasteiger partial charge in [-0.15, -0.1) is 0 Å². The average Bonchev–Trinajstić information content (AvgIpc) is 3.07. The Hall–Kier alpha value is -3.48. The molecule has 1 saturated heterocycles. The first-order chi connectivity index (χ1) is 13.2. The van der Waals surface area contributed by atoms with Crippen molar-refractivity contribution in [1.29, 1.82) is 0 Å². The smallest absolute Gasteiger partial charge is 0.266 e. The molecule has 1 fully saturated rings. The Morgan fingerprint density at radius 2 is 2.04 bits per heavy atom. The number of H-pyrrole nitrogens is 1. The normalized spacial score (nSPS) is 19.6. The average molecular weight is 359 g/mol. The largest absolute Gasteiger partial charge is 0.357 e. The number of hydrazone groups is 1. The second-order valence-electron chi connectivity index (χ2n) is 6.80. The number of benzene rings is 1. The minimum atomic E-state index is -0.510. The van der Waals surface area contributed by atoms with Crippen LogP contribution in [0.15, 0.2) is 53.9 Å². The number of carbonyl (C=O) groups excluding carboxylic acids is 2. The van der Waals surface area contributed by atoms with Gasteiger partial charge in [-0.2, -0.15) is 5.10 Å². The molecule has 5 rings (SSSR count). The molecule has 0 spiro atoms. The number of piperazine rings is 1. The third-order valence-electron chi connectivity index (χ3n) is 5.18. The molecule has 134 valence electrons. The first kappa shape index (κ1) is 15.7. The number of hydrogen-bond donors (Lipinski definition) is 1. The van der Waals surface area contributed by atoms with Crippen LogP contribution in [0.4, 0.5) is 0 Å². The van der Waals surface area contributed by atoms with E-state index in [0.29, 0.717) is 13.0 Å². The highest BCUT2D eigenvalue weighted by atomic mass is 16.2. The van der Waals surface area contributed by atoms with Gasteiger partial charge in [-0.05, 0) is 17.7 Å². The number of carbonyl (C=O) groups is 2. The van der Waals surface area contributed by atoms with Crippen LogP contribution < -0.4 is 0 Å². The van der Waals surface area contributed by atoms with Gasteiger partial charge in [0.1, 0.15) is 12.6 Å². The summed E-state index contributed by atoms with van der Waals surface area (Å²) in [6.45, 7) is 0.390. The van der Waals surface area contributed by atoms with Gasteiger partial charge in [-0.25, -0.2) is 5.01 Å². The maximum atomic E-state index is 13.0. The Balaban J connectivity index is 1.46. The van der Waals surface area contributed by atoms with E-state index in [1.54, 1.807) is 29.6 Å².